The molecule has 0 aromatic heterocycles. The minimum absolute atomic E-state index is 0.0234. The summed E-state index contributed by atoms with van der Waals surface area (Å²) in [5.74, 6) is -0.855. The summed E-state index contributed by atoms with van der Waals surface area (Å²) in [4.78, 5) is 27.3. The lowest BCUT2D eigenvalue weighted by Gasteiger charge is -2.34. The second-order valence-corrected chi connectivity index (χ2v) is 8.31. The second kappa shape index (κ2) is 8.97. The predicted octanol–water partition coefficient (Wildman–Crippen LogP) is 3.94. The van der Waals surface area contributed by atoms with E-state index in [1.54, 1.807) is 19.1 Å². The average Bonchev–Trinajstić information content (AvgIpc) is 2.93. The first kappa shape index (κ1) is 22.2. The first-order valence-electron chi connectivity index (χ1n) is 9.37. The van der Waals surface area contributed by atoms with E-state index < -0.39 is 30.2 Å². The van der Waals surface area contributed by atoms with E-state index in [2.05, 4.69) is 6.58 Å². The Morgan fingerprint density at radius 1 is 1.29 bits per heavy atom. The van der Waals surface area contributed by atoms with Gasteiger partial charge in [0, 0.05) is 17.0 Å². The predicted molar refractivity (Wildman–Crippen MR) is 109 cm³/mol. The molecule has 1 aromatic rings. The third-order valence-electron chi connectivity index (χ3n) is 5.01. The molecule has 1 aromatic carbocycles. The zero-order valence-electron chi connectivity index (χ0n) is 16.9. The van der Waals surface area contributed by atoms with Crippen molar-refractivity contribution >= 4 is 23.7 Å². The van der Waals surface area contributed by atoms with Crippen LogP contribution in [-0.2, 0) is 14.3 Å². The molecule has 4 atom stereocenters. The summed E-state index contributed by atoms with van der Waals surface area (Å²) in [6.45, 7) is 11.5. The Kier molecular flexibility index (Phi) is 7.12. The number of carbonyl (C=O) groups excluding carboxylic acids is 2. The molecule has 0 aliphatic carbocycles. The number of hydrogen-bond acceptors (Lipinski definition) is 5. The fourth-order valence-electron chi connectivity index (χ4n) is 3.98. The summed E-state index contributed by atoms with van der Waals surface area (Å²) in [5.41, 5.74) is 6.96. The van der Waals surface area contributed by atoms with Crippen molar-refractivity contribution in [1.29, 1.82) is 0 Å². The third kappa shape index (κ3) is 4.33. The fraction of sp³-hybridized carbons (Fsp3) is 0.524. The SMILES string of the molecule is C=CCOC(=O)N1[C@H](C(=O)OCC)[C@@H](C(C)(C)C)[C@H](N)[C@@H]1c1ccccc1Cl. The molecule has 2 rings (SSSR count). The molecule has 0 spiro atoms. The van der Waals surface area contributed by atoms with E-state index in [4.69, 9.17) is 26.8 Å². The highest BCUT2D eigenvalue weighted by molar-refractivity contribution is 6.31. The van der Waals surface area contributed by atoms with Crippen LogP contribution in [0, 0.1) is 11.3 Å². The molecule has 1 heterocycles. The second-order valence-electron chi connectivity index (χ2n) is 7.91. The number of rotatable bonds is 5. The monoisotopic (exact) mass is 408 g/mol. The maximum absolute atomic E-state index is 13.0. The van der Waals surface area contributed by atoms with Gasteiger partial charge in [0.25, 0.3) is 0 Å². The zero-order chi connectivity index (χ0) is 21.1. The van der Waals surface area contributed by atoms with E-state index in [1.165, 1.54) is 11.0 Å². The average molecular weight is 409 g/mol. The molecule has 0 unspecified atom stereocenters. The minimum atomic E-state index is -0.881. The normalized spacial score (nSPS) is 24.7. The Bertz CT molecular complexity index is 731. The largest absolute Gasteiger partial charge is 0.464 e. The van der Waals surface area contributed by atoms with Crippen molar-refractivity contribution in [1.82, 2.24) is 4.90 Å². The van der Waals surface area contributed by atoms with Crippen molar-refractivity contribution in [3.63, 3.8) is 0 Å². The molecule has 0 bridgehead atoms. The zero-order valence-corrected chi connectivity index (χ0v) is 17.6. The minimum Gasteiger partial charge on any atom is -0.464 e. The number of ether oxygens (including phenoxy) is 2. The van der Waals surface area contributed by atoms with E-state index in [1.807, 2.05) is 32.9 Å². The van der Waals surface area contributed by atoms with Crippen molar-refractivity contribution in [2.45, 2.75) is 45.8 Å². The molecule has 1 saturated heterocycles. The Hall–Kier alpha value is -2.05. The molecule has 6 nitrogen and oxygen atoms in total. The topological polar surface area (TPSA) is 81.9 Å². The highest BCUT2D eigenvalue weighted by atomic mass is 35.5. The van der Waals surface area contributed by atoms with E-state index in [0.29, 0.717) is 10.6 Å². The number of halogens is 1. The van der Waals surface area contributed by atoms with E-state index in [0.717, 1.165) is 0 Å². The highest BCUT2D eigenvalue weighted by Crippen LogP contribution is 2.48. The third-order valence-corrected chi connectivity index (χ3v) is 5.35. The lowest BCUT2D eigenvalue weighted by molar-refractivity contribution is -0.151. The van der Waals surface area contributed by atoms with Gasteiger partial charge in [0.2, 0.25) is 0 Å². The van der Waals surface area contributed by atoms with Gasteiger partial charge in [0.15, 0.2) is 0 Å². The van der Waals surface area contributed by atoms with Crippen LogP contribution in [0.5, 0.6) is 0 Å². The van der Waals surface area contributed by atoms with E-state index in [9.17, 15) is 9.59 Å². The van der Waals surface area contributed by atoms with Gasteiger partial charge in [-0.05, 0) is 24.0 Å². The molecule has 1 fully saturated rings. The number of likely N-dealkylation sites (tertiary alicyclic amines) is 1. The summed E-state index contributed by atoms with van der Waals surface area (Å²) in [6.07, 6.45) is 0.823. The van der Waals surface area contributed by atoms with Crippen molar-refractivity contribution in [2.24, 2.45) is 17.1 Å². The van der Waals surface area contributed by atoms with Gasteiger partial charge in [-0.3, -0.25) is 4.90 Å². The summed E-state index contributed by atoms with van der Waals surface area (Å²) >= 11 is 6.43. The van der Waals surface area contributed by atoms with Gasteiger partial charge < -0.3 is 15.2 Å². The number of nitrogens with zero attached hydrogens (tertiary/aromatic N) is 1. The Morgan fingerprint density at radius 3 is 2.46 bits per heavy atom. The van der Waals surface area contributed by atoms with Crippen LogP contribution in [0.4, 0.5) is 4.79 Å². The molecule has 7 heteroatoms. The first-order chi connectivity index (χ1) is 13.1. The summed E-state index contributed by atoms with van der Waals surface area (Å²) in [6, 6.07) is 5.14. The number of benzene rings is 1. The Labute approximate surface area is 171 Å². The van der Waals surface area contributed by atoms with Gasteiger partial charge in [-0.1, -0.05) is 63.2 Å². The van der Waals surface area contributed by atoms with Crippen LogP contribution in [0.15, 0.2) is 36.9 Å². The van der Waals surface area contributed by atoms with Crippen LogP contribution in [0.1, 0.15) is 39.3 Å². The van der Waals surface area contributed by atoms with Crippen LogP contribution < -0.4 is 5.73 Å². The number of carbonyl (C=O) groups is 2. The van der Waals surface area contributed by atoms with E-state index >= 15 is 0 Å². The molecular formula is C21H29ClN2O4. The van der Waals surface area contributed by atoms with Gasteiger partial charge in [-0.25, -0.2) is 9.59 Å². The molecule has 0 saturated carbocycles. The molecule has 1 aliphatic rings. The number of hydrogen-bond donors (Lipinski definition) is 1. The summed E-state index contributed by atoms with van der Waals surface area (Å²) in [7, 11) is 0. The smallest absolute Gasteiger partial charge is 0.411 e. The lowest BCUT2D eigenvalue weighted by atomic mass is 9.73. The van der Waals surface area contributed by atoms with Gasteiger partial charge >= 0.3 is 12.1 Å². The molecule has 28 heavy (non-hydrogen) atoms. The first-order valence-corrected chi connectivity index (χ1v) is 9.75. The summed E-state index contributed by atoms with van der Waals surface area (Å²) in [5, 5.41) is 0.474. The van der Waals surface area contributed by atoms with Crippen molar-refractivity contribution in [3.8, 4) is 0 Å². The van der Waals surface area contributed by atoms with Crippen LogP contribution in [-0.4, -0.2) is 42.3 Å². The Morgan fingerprint density at radius 2 is 1.93 bits per heavy atom. The van der Waals surface area contributed by atoms with Gasteiger partial charge in [-0.2, -0.15) is 0 Å². The van der Waals surface area contributed by atoms with E-state index in [-0.39, 0.29) is 24.5 Å². The lowest BCUT2D eigenvalue weighted by Crippen LogP contribution is -2.48. The standard InChI is InChI=1S/C21H29ClN2O4/c1-6-12-28-20(26)24-17(13-10-8-9-11-14(13)22)16(23)15(21(3,4)5)18(24)19(25)27-7-2/h6,8-11,15-18H,1,7,12,23H2,2-5H3/t15-,16-,17-,18-/m0/s1. The molecule has 0 radical (unpaired) electrons. The number of nitrogens with two attached hydrogens (primary N) is 1. The maximum Gasteiger partial charge on any atom is 0.411 e. The number of amides is 1. The van der Waals surface area contributed by atoms with Crippen LogP contribution in [0.2, 0.25) is 5.02 Å². The summed E-state index contributed by atoms with van der Waals surface area (Å²) < 4.78 is 10.6. The quantitative estimate of drug-likeness (QED) is 0.589. The molecule has 2 N–H and O–H groups in total. The van der Waals surface area contributed by atoms with Crippen molar-refractivity contribution in [3.05, 3.63) is 47.5 Å². The molecule has 1 aliphatic heterocycles. The Balaban J connectivity index is 2.63. The molecule has 1 amide bonds. The van der Waals surface area contributed by atoms with Crippen LogP contribution >= 0.6 is 11.6 Å². The van der Waals surface area contributed by atoms with Gasteiger partial charge in [0.05, 0.1) is 12.6 Å². The molecular weight excluding hydrogens is 380 g/mol. The van der Waals surface area contributed by atoms with Gasteiger partial charge in [-0.15, -0.1) is 0 Å². The maximum atomic E-state index is 13.0. The van der Waals surface area contributed by atoms with Crippen LogP contribution in [0.25, 0.3) is 0 Å². The van der Waals surface area contributed by atoms with Crippen molar-refractivity contribution < 1.29 is 19.1 Å². The molecule has 154 valence electrons. The number of esters is 1. The fourth-order valence-corrected chi connectivity index (χ4v) is 4.23. The highest BCUT2D eigenvalue weighted by Gasteiger charge is 2.58. The van der Waals surface area contributed by atoms with Gasteiger partial charge in [0.1, 0.15) is 12.6 Å². The van der Waals surface area contributed by atoms with Crippen molar-refractivity contribution in [2.75, 3.05) is 13.2 Å². The van der Waals surface area contributed by atoms with Crippen LogP contribution in [0.3, 0.4) is 0 Å².